The van der Waals surface area contributed by atoms with Crippen LogP contribution in [0, 0.1) is 18.2 Å². The van der Waals surface area contributed by atoms with Crippen molar-refractivity contribution in [1.29, 1.82) is 0 Å². The summed E-state index contributed by atoms with van der Waals surface area (Å²) in [7, 11) is -4.04. The number of nitrogens with zero attached hydrogens (tertiary/aromatic N) is 1. The monoisotopic (exact) mass is 364 g/mol. The lowest BCUT2D eigenvalue weighted by molar-refractivity contribution is -0.116. The predicted molar refractivity (Wildman–Crippen MR) is 92.9 cm³/mol. The van der Waals surface area contributed by atoms with Gasteiger partial charge in [0.2, 0.25) is 15.9 Å². The quantitative estimate of drug-likeness (QED) is 0.836. The van der Waals surface area contributed by atoms with Gasteiger partial charge in [0.25, 0.3) is 0 Å². The number of hydrogen-bond donors (Lipinski definition) is 1. The summed E-state index contributed by atoms with van der Waals surface area (Å²) in [6, 6.07) is 2.24. The molecule has 0 radical (unpaired) electrons. The number of halogens is 1. The van der Waals surface area contributed by atoms with Crippen LogP contribution in [0.3, 0.4) is 0 Å². The molecule has 1 saturated carbocycles. The molecule has 1 aliphatic carbocycles. The highest BCUT2D eigenvalue weighted by molar-refractivity contribution is 7.89. The minimum absolute atomic E-state index is 0.0692. The van der Waals surface area contributed by atoms with Gasteiger partial charge in [0.1, 0.15) is 10.7 Å². The fourth-order valence-electron chi connectivity index (χ4n) is 3.57. The summed E-state index contributed by atoms with van der Waals surface area (Å²) in [5.41, 5.74) is 0.970. The second kappa shape index (κ2) is 7.14. The van der Waals surface area contributed by atoms with Gasteiger partial charge in [-0.25, -0.2) is 12.8 Å². The molecular weight excluding hydrogens is 343 g/mol. The van der Waals surface area contributed by atoms with E-state index in [9.17, 15) is 17.6 Å². The molecule has 0 aromatic heterocycles. The molecule has 1 aromatic carbocycles. The number of hydrogen-bond acceptors (Lipinski definition) is 3. The molecule has 0 spiro atoms. The van der Waals surface area contributed by atoms with Gasteiger partial charge in [-0.2, -0.15) is 4.31 Å². The van der Waals surface area contributed by atoms with Crippen molar-refractivity contribution in [3.05, 3.63) is 23.5 Å². The first-order valence-corrected chi connectivity index (χ1v) is 9.95. The van der Waals surface area contributed by atoms with Crippen LogP contribution in [-0.2, 0) is 21.2 Å². The number of benzene rings is 1. The summed E-state index contributed by atoms with van der Waals surface area (Å²) in [5.74, 6) is 1.34. The number of amides is 1. The van der Waals surface area contributed by atoms with Crippen molar-refractivity contribution in [3.8, 4) is 12.3 Å². The van der Waals surface area contributed by atoms with Crippen LogP contribution < -0.4 is 5.32 Å². The highest BCUT2D eigenvalue weighted by atomic mass is 32.2. The Morgan fingerprint density at radius 3 is 2.64 bits per heavy atom. The van der Waals surface area contributed by atoms with Crippen molar-refractivity contribution in [2.24, 2.45) is 0 Å². The minimum atomic E-state index is -4.04. The maximum Gasteiger partial charge on any atom is 0.247 e. The van der Waals surface area contributed by atoms with E-state index in [0.29, 0.717) is 17.7 Å². The standard InChI is InChI=1S/C18H21FN2O3S/c1-2-10-21(14-6-4-3-5-7-14)25(23,24)17-11-13-8-9-18(22)20-16(13)12-15(17)19/h1,11-12,14H,3-10H2,(H,20,22). The third kappa shape index (κ3) is 3.55. The second-order valence-electron chi connectivity index (χ2n) is 6.53. The van der Waals surface area contributed by atoms with Crippen molar-refractivity contribution >= 4 is 21.6 Å². The van der Waals surface area contributed by atoms with Gasteiger partial charge in [-0.05, 0) is 37.0 Å². The van der Waals surface area contributed by atoms with Crippen LogP contribution in [0.4, 0.5) is 10.1 Å². The molecule has 1 fully saturated rings. The zero-order chi connectivity index (χ0) is 18.0. The lowest BCUT2D eigenvalue weighted by Crippen LogP contribution is -2.42. The molecule has 3 rings (SSSR count). The van der Waals surface area contributed by atoms with Crippen molar-refractivity contribution in [1.82, 2.24) is 4.31 Å². The molecule has 7 heteroatoms. The Morgan fingerprint density at radius 1 is 1.24 bits per heavy atom. The van der Waals surface area contributed by atoms with E-state index in [1.807, 2.05) is 0 Å². The summed E-state index contributed by atoms with van der Waals surface area (Å²) in [6.07, 6.45) is 10.5. The number of sulfonamides is 1. The van der Waals surface area contributed by atoms with Gasteiger partial charge in [0.05, 0.1) is 6.54 Å². The zero-order valence-electron chi connectivity index (χ0n) is 13.9. The minimum Gasteiger partial charge on any atom is -0.326 e. The molecule has 1 amide bonds. The van der Waals surface area contributed by atoms with E-state index in [-0.39, 0.29) is 29.8 Å². The second-order valence-corrected chi connectivity index (χ2v) is 8.39. The molecule has 5 nitrogen and oxygen atoms in total. The lowest BCUT2D eigenvalue weighted by atomic mass is 9.95. The number of aryl methyl sites for hydroxylation is 1. The summed E-state index contributed by atoms with van der Waals surface area (Å²) in [5, 5.41) is 2.58. The van der Waals surface area contributed by atoms with Gasteiger partial charge < -0.3 is 5.32 Å². The molecule has 25 heavy (non-hydrogen) atoms. The molecule has 0 bridgehead atoms. The topological polar surface area (TPSA) is 66.5 Å². The van der Waals surface area contributed by atoms with Crippen LogP contribution in [0.15, 0.2) is 17.0 Å². The fourth-order valence-corrected chi connectivity index (χ4v) is 5.27. The molecule has 0 atom stereocenters. The maximum atomic E-state index is 14.6. The maximum absolute atomic E-state index is 14.6. The number of carbonyl (C=O) groups is 1. The number of anilines is 1. The third-order valence-electron chi connectivity index (χ3n) is 4.87. The SMILES string of the molecule is C#CCN(C1CCCCC1)S(=O)(=O)c1cc2c(cc1F)NC(=O)CC2. The van der Waals surface area contributed by atoms with E-state index in [1.165, 1.54) is 10.4 Å². The highest BCUT2D eigenvalue weighted by Gasteiger charge is 2.34. The highest BCUT2D eigenvalue weighted by Crippen LogP contribution is 2.32. The van der Waals surface area contributed by atoms with Crippen molar-refractivity contribution < 1.29 is 17.6 Å². The number of rotatable bonds is 4. The van der Waals surface area contributed by atoms with Crippen LogP contribution in [0.1, 0.15) is 44.1 Å². The van der Waals surface area contributed by atoms with Crippen molar-refractivity contribution in [2.45, 2.75) is 55.9 Å². The number of terminal acetylenes is 1. The van der Waals surface area contributed by atoms with Gasteiger partial charge in [-0.1, -0.05) is 25.2 Å². The molecule has 1 heterocycles. The largest absolute Gasteiger partial charge is 0.326 e. The molecule has 0 unspecified atom stereocenters. The molecule has 1 N–H and O–H groups in total. The smallest absolute Gasteiger partial charge is 0.247 e. The molecular formula is C18H21FN2O3S. The van der Waals surface area contributed by atoms with Crippen LogP contribution in [0.25, 0.3) is 0 Å². The normalized spacial score (nSPS) is 18.5. The Bertz CT molecular complexity index is 823. The van der Waals surface area contributed by atoms with E-state index >= 15 is 0 Å². The van der Waals surface area contributed by atoms with Gasteiger partial charge in [0.15, 0.2) is 0 Å². The Balaban J connectivity index is 2.00. The summed E-state index contributed by atoms with van der Waals surface area (Å²) < 4.78 is 42.0. The Kier molecular flexibility index (Phi) is 5.11. The van der Waals surface area contributed by atoms with Gasteiger partial charge in [-0.15, -0.1) is 6.42 Å². The number of carbonyl (C=O) groups excluding carboxylic acids is 1. The Morgan fingerprint density at radius 2 is 1.96 bits per heavy atom. The average Bonchev–Trinajstić information content (AvgIpc) is 2.59. The fraction of sp³-hybridized carbons (Fsp3) is 0.500. The van der Waals surface area contributed by atoms with Crippen molar-refractivity contribution in [2.75, 3.05) is 11.9 Å². The van der Waals surface area contributed by atoms with E-state index in [0.717, 1.165) is 38.2 Å². The van der Waals surface area contributed by atoms with Gasteiger partial charge in [-0.3, -0.25) is 4.79 Å². The summed E-state index contributed by atoms with van der Waals surface area (Å²) >= 11 is 0. The van der Waals surface area contributed by atoms with E-state index in [4.69, 9.17) is 6.42 Å². The van der Waals surface area contributed by atoms with Gasteiger partial charge >= 0.3 is 0 Å². The van der Waals surface area contributed by atoms with Crippen molar-refractivity contribution in [3.63, 3.8) is 0 Å². The first-order chi connectivity index (χ1) is 11.9. The Labute approximate surface area is 147 Å². The first-order valence-electron chi connectivity index (χ1n) is 8.51. The molecule has 2 aliphatic rings. The average molecular weight is 364 g/mol. The van der Waals surface area contributed by atoms with Gasteiger partial charge in [0, 0.05) is 18.2 Å². The van der Waals surface area contributed by atoms with Crippen LogP contribution in [0.2, 0.25) is 0 Å². The van der Waals surface area contributed by atoms with Crippen LogP contribution in [-0.4, -0.2) is 31.2 Å². The Hall–Kier alpha value is -1.91. The number of nitrogens with one attached hydrogen (secondary N) is 1. The lowest BCUT2D eigenvalue weighted by Gasteiger charge is -2.32. The zero-order valence-corrected chi connectivity index (χ0v) is 14.7. The van der Waals surface area contributed by atoms with E-state index < -0.39 is 15.8 Å². The summed E-state index contributed by atoms with van der Waals surface area (Å²) in [6.45, 7) is -0.0692. The number of fused-ring (bicyclic) bond motifs is 1. The van der Waals surface area contributed by atoms with Crippen LogP contribution in [0.5, 0.6) is 0 Å². The molecule has 1 aromatic rings. The third-order valence-corrected chi connectivity index (χ3v) is 6.78. The molecule has 1 aliphatic heterocycles. The van der Waals surface area contributed by atoms with Crippen LogP contribution >= 0.6 is 0 Å². The van der Waals surface area contributed by atoms with E-state index in [2.05, 4.69) is 11.2 Å². The first kappa shape index (κ1) is 17.9. The predicted octanol–water partition coefficient (Wildman–Crippen LogP) is 2.67. The molecule has 134 valence electrons. The summed E-state index contributed by atoms with van der Waals surface area (Å²) in [4.78, 5) is 11.1. The molecule has 0 saturated heterocycles. The van der Waals surface area contributed by atoms with E-state index in [1.54, 1.807) is 0 Å².